The van der Waals surface area contributed by atoms with Crippen LogP contribution in [-0.2, 0) is 11.3 Å². The second-order valence-electron chi connectivity index (χ2n) is 4.00. The molecule has 1 heterocycles. The maximum absolute atomic E-state index is 13.6. The van der Waals surface area contributed by atoms with Gasteiger partial charge in [0.2, 0.25) is 5.76 Å². The van der Waals surface area contributed by atoms with Crippen molar-refractivity contribution < 1.29 is 23.3 Å². The van der Waals surface area contributed by atoms with E-state index in [9.17, 15) is 19.3 Å². The lowest BCUT2D eigenvalue weighted by Crippen LogP contribution is -2.04. The van der Waals surface area contributed by atoms with E-state index < -0.39 is 16.7 Å². The van der Waals surface area contributed by atoms with Crippen molar-refractivity contribution in [3.63, 3.8) is 0 Å². The Balaban J connectivity index is 2.15. The van der Waals surface area contributed by atoms with Gasteiger partial charge in [0.25, 0.3) is 5.69 Å². The number of nitro groups is 1. The second-order valence-corrected chi connectivity index (χ2v) is 4.00. The summed E-state index contributed by atoms with van der Waals surface area (Å²) in [6, 6.07) is 6.44. The average Bonchev–Trinajstić information content (AvgIpc) is 2.93. The number of anilines is 1. The van der Waals surface area contributed by atoms with Crippen LogP contribution >= 0.6 is 0 Å². The summed E-state index contributed by atoms with van der Waals surface area (Å²) in [7, 11) is 1.21. The average molecular weight is 294 g/mol. The van der Waals surface area contributed by atoms with E-state index in [4.69, 9.17) is 4.42 Å². The van der Waals surface area contributed by atoms with Crippen LogP contribution in [0.2, 0.25) is 0 Å². The zero-order valence-corrected chi connectivity index (χ0v) is 11.0. The molecule has 0 bridgehead atoms. The van der Waals surface area contributed by atoms with Crippen LogP contribution in [0, 0.1) is 15.9 Å². The highest BCUT2D eigenvalue weighted by Gasteiger charge is 2.18. The number of furan rings is 1. The minimum absolute atomic E-state index is 0.00247. The summed E-state index contributed by atoms with van der Waals surface area (Å²) < 4.78 is 23.3. The molecular formula is C13H11FN2O5. The first-order chi connectivity index (χ1) is 10.0. The van der Waals surface area contributed by atoms with Crippen molar-refractivity contribution in [3.8, 4) is 0 Å². The molecule has 0 fully saturated rings. The zero-order valence-electron chi connectivity index (χ0n) is 11.0. The first-order valence-corrected chi connectivity index (χ1v) is 5.86. The Kier molecular flexibility index (Phi) is 4.17. The molecular weight excluding hydrogens is 283 g/mol. The SMILES string of the molecule is COC(=O)c1ccc(CNc2c(F)cccc2[N+](=O)[O-])o1. The Morgan fingerprint density at radius 3 is 2.86 bits per heavy atom. The van der Waals surface area contributed by atoms with Gasteiger partial charge in [-0.15, -0.1) is 0 Å². The normalized spacial score (nSPS) is 10.2. The highest BCUT2D eigenvalue weighted by Crippen LogP contribution is 2.27. The number of halogens is 1. The van der Waals surface area contributed by atoms with E-state index in [1.54, 1.807) is 0 Å². The van der Waals surface area contributed by atoms with Crippen LogP contribution in [0.3, 0.4) is 0 Å². The van der Waals surface area contributed by atoms with Crippen LogP contribution in [0.5, 0.6) is 0 Å². The predicted octanol–water partition coefficient (Wildman–Crippen LogP) is 2.73. The van der Waals surface area contributed by atoms with E-state index in [2.05, 4.69) is 10.1 Å². The Morgan fingerprint density at radius 1 is 1.43 bits per heavy atom. The molecule has 0 spiro atoms. The summed E-state index contributed by atoms with van der Waals surface area (Å²) in [5.74, 6) is -1.08. The van der Waals surface area contributed by atoms with Crippen molar-refractivity contribution >= 4 is 17.3 Å². The van der Waals surface area contributed by atoms with Crippen molar-refractivity contribution in [2.45, 2.75) is 6.54 Å². The summed E-state index contributed by atoms with van der Waals surface area (Å²) in [6.45, 7) is -0.0151. The fourth-order valence-electron chi connectivity index (χ4n) is 1.70. The summed E-state index contributed by atoms with van der Waals surface area (Å²) in [4.78, 5) is 21.4. The van der Waals surface area contributed by atoms with Crippen LogP contribution in [0.1, 0.15) is 16.3 Å². The van der Waals surface area contributed by atoms with Gasteiger partial charge in [-0.2, -0.15) is 0 Å². The molecule has 0 atom stereocenters. The summed E-state index contributed by atoms with van der Waals surface area (Å²) in [6.07, 6.45) is 0. The third kappa shape index (κ3) is 3.16. The monoisotopic (exact) mass is 294 g/mol. The number of esters is 1. The molecule has 8 heteroatoms. The maximum atomic E-state index is 13.6. The van der Waals surface area contributed by atoms with E-state index in [1.165, 1.54) is 31.4 Å². The number of hydrogen-bond acceptors (Lipinski definition) is 6. The Bertz CT molecular complexity index is 683. The van der Waals surface area contributed by atoms with Crippen molar-refractivity contribution in [1.29, 1.82) is 0 Å². The molecule has 21 heavy (non-hydrogen) atoms. The van der Waals surface area contributed by atoms with Gasteiger partial charge < -0.3 is 14.5 Å². The van der Waals surface area contributed by atoms with Gasteiger partial charge in [0.15, 0.2) is 5.82 Å². The largest absolute Gasteiger partial charge is 0.463 e. The van der Waals surface area contributed by atoms with E-state index in [-0.39, 0.29) is 23.7 Å². The highest BCUT2D eigenvalue weighted by molar-refractivity contribution is 5.86. The third-order valence-corrected chi connectivity index (χ3v) is 2.68. The third-order valence-electron chi connectivity index (χ3n) is 2.68. The molecule has 1 aromatic heterocycles. The van der Waals surface area contributed by atoms with Gasteiger partial charge in [0, 0.05) is 6.07 Å². The lowest BCUT2D eigenvalue weighted by atomic mass is 10.2. The Hall–Kier alpha value is -2.90. The smallest absolute Gasteiger partial charge is 0.373 e. The quantitative estimate of drug-likeness (QED) is 0.517. The topological polar surface area (TPSA) is 94.6 Å². The lowest BCUT2D eigenvalue weighted by molar-refractivity contribution is -0.384. The number of rotatable bonds is 5. The summed E-state index contributed by atoms with van der Waals surface area (Å²) in [5.41, 5.74) is -0.617. The standard InChI is InChI=1S/C13H11FN2O5/c1-20-13(17)11-6-5-8(21-11)7-15-12-9(14)3-2-4-10(12)16(18)19/h2-6,15H,7H2,1H3. The molecule has 0 aliphatic carbocycles. The lowest BCUT2D eigenvalue weighted by Gasteiger charge is -2.06. The fourth-order valence-corrected chi connectivity index (χ4v) is 1.70. The van der Waals surface area contributed by atoms with Gasteiger partial charge in [-0.3, -0.25) is 10.1 Å². The molecule has 0 aliphatic heterocycles. The van der Waals surface area contributed by atoms with Crippen LogP contribution in [0.15, 0.2) is 34.7 Å². The molecule has 2 rings (SSSR count). The molecule has 0 saturated carbocycles. The number of para-hydroxylation sites is 1. The number of hydrogen-bond donors (Lipinski definition) is 1. The number of nitrogens with one attached hydrogen (secondary N) is 1. The minimum Gasteiger partial charge on any atom is -0.463 e. The predicted molar refractivity (Wildman–Crippen MR) is 70.4 cm³/mol. The molecule has 110 valence electrons. The molecule has 0 radical (unpaired) electrons. The van der Waals surface area contributed by atoms with Crippen LogP contribution in [-0.4, -0.2) is 18.0 Å². The van der Waals surface area contributed by atoms with E-state index in [0.29, 0.717) is 5.76 Å². The van der Waals surface area contributed by atoms with Crippen molar-refractivity contribution in [2.75, 3.05) is 12.4 Å². The first-order valence-electron chi connectivity index (χ1n) is 5.86. The Morgan fingerprint density at radius 2 is 2.19 bits per heavy atom. The number of ether oxygens (including phenoxy) is 1. The minimum atomic E-state index is -0.746. The highest BCUT2D eigenvalue weighted by atomic mass is 19.1. The van der Waals surface area contributed by atoms with Crippen molar-refractivity contribution in [1.82, 2.24) is 0 Å². The molecule has 1 N–H and O–H groups in total. The number of methoxy groups -OCH3 is 1. The van der Waals surface area contributed by atoms with Gasteiger partial charge in [-0.25, -0.2) is 9.18 Å². The zero-order chi connectivity index (χ0) is 15.4. The van der Waals surface area contributed by atoms with E-state index in [1.807, 2.05) is 0 Å². The van der Waals surface area contributed by atoms with E-state index in [0.717, 1.165) is 6.07 Å². The number of nitro benzene ring substituents is 1. The molecule has 2 aromatic rings. The van der Waals surface area contributed by atoms with Crippen LogP contribution in [0.25, 0.3) is 0 Å². The van der Waals surface area contributed by atoms with Crippen LogP contribution in [0.4, 0.5) is 15.8 Å². The van der Waals surface area contributed by atoms with Gasteiger partial charge in [0.05, 0.1) is 18.6 Å². The second kappa shape index (κ2) is 6.04. The van der Waals surface area contributed by atoms with E-state index >= 15 is 0 Å². The fraction of sp³-hybridized carbons (Fsp3) is 0.154. The van der Waals surface area contributed by atoms with Crippen molar-refractivity contribution in [3.05, 3.63) is 57.8 Å². The first kappa shape index (κ1) is 14.5. The maximum Gasteiger partial charge on any atom is 0.373 e. The number of carbonyl (C=O) groups is 1. The van der Waals surface area contributed by atoms with Crippen molar-refractivity contribution in [2.24, 2.45) is 0 Å². The summed E-state index contributed by atoms with van der Waals surface area (Å²) >= 11 is 0. The molecule has 0 aliphatic rings. The van der Waals surface area contributed by atoms with Gasteiger partial charge in [0.1, 0.15) is 11.4 Å². The van der Waals surface area contributed by atoms with Gasteiger partial charge in [-0.1, -0.05) is 6.07 Å². The van der Waals surface area contributed by atoms with Gasteiger partial charge in [-0.05, 0) is 18.2 Å². The molecule has 0 unspecified atom stereocenters. The summed E-state index contributed by atoms with van der Waals surface area (Å²) in [5, 5.41) is 13.4. The molecule has 0 saturated heterocycles. The molecule has 1 aromatic carbocycles. The van der Waals surface area contributed by atoms with Gasteiger partial charge >= 0.3 is 5.97 Å². The number of nitrogens with zero attached hydrogens (tertiary/aromatic N) is 1. The van der Waals surface area contributed by atoms with Crippen LogP contribution < -0.4 is 5.32 Å². The molecule has 0 amide bonds. The molecule has 7 nitrogen and oxygen atoms in total. The number of benzene rings is 1. The Labute approximate surface area is 118 Å². The number of carbonyl (C=O) groups excluding carboxylic acids is 1.